The number of hydrogen-bond donors (Lipinski definition) is 0. The molecule has 1 atom stereocenters. The lowest BCUT2D eigenvalue weighted by atomic mass is 9.94. The van der Waals surface area contributed by atoms with E-state index in [4.69, 9.17) is 23.5 Å². The molecule has 0 aliphatic rings. The summed E-state index contributed by atoms with van der Waals surface area (Å²) in [5, 5.41) is 0. The van der Waals surface area contributed by atoms with Gasteiger partial charge in [-0.25, -0.2) is 0 Å². The second-order valence-electron chi connectivity index (χ2n) is 2.88. The Morgan fingerprint density at radius 1 is 1.45 bits per heavy atom. The first kappa shape index (κ1) is 11.3. The van der Waals surface area contributed by atoms with Gasteiger partial charge in [0, 0.05) is 5.54 Å². The molecule has 0 aromatic rings. The zero-order valence-electron chi connectivity index (χ0n) is 6.89. The largest absolute Gasteiger partial charge is 0.279 e. The summed E-state index contributed by atoms with van der Waals surface area (Å²) in [5.41, 5.74) is 1.53. The molecule has 0 aromatic heterocycles. The van der Waals surface area contributed by atoms with E-state index in [1.54, 1.807) is 0 Å². The van der Waals surface area contributed by atoms with Crippen molar-refractivity contribution in [3.63, 3.8) is 0 Å². The molecule has 0 saturated heterocycles. The maximum atomic E-state index is 5.40. The monoisotopic (exact) mass is 196 g/mol. The predicted molar refractivity (Wildman–Crippen MR) is 49.7 cm³/mol. The molecule has 0 bridgehead atoms. The number of rotatable bonds is 5. The van der Waals surface area contributed by atoms with E-state index in [0.717, 1.165) is 6.42 Å². The molecule has 0 N–H and O–H groups in total. The average molecular weight is 197 g/mol. The smallest absolute Gasteiger partial charge is 0.0716 e. The molecule has 0 rings (SSSR count). The average Bonchev–Trinajstić information content (AvgIpc) is 1.97. The Kier molecular flexibility index (Phi) is 7.13. The quantitative estimate of drug-likeness (QED) is 0.654. The Labute approximate surface area is 78.5 Å². The second-order valence-corrected chi connectivity index (χ2v) is 3.35. The first-order valence-corrected chi connectivity index (χ1v) is 4.45. The van der Waals surface area contributed by atoms with E-state index in [2.05, 4.69) is 18.1 Å². The van der Waals surface area contributed by atoms with E-state index in [0.29, 0.717) is 18.4 Å². The van der Waals surface area contributed by atoms with Gasteiger partial charge in [0.05, 0.1) is 18.5 Å². The molecule has 3 heteroatoms. The van der Waals surface area contributed by atoms with Crippen LogP contribution in [0.2, 0.25) is 0 Å². The molecule has 0 aliphatic heterocycles. The summed E-state index contributed by atoms with van der Waals surface area (Å²) in [6.07, 6.45) is 2.84. The summed E-state index contributed by atoms with van der Waals surface area (Å²) in [4.78, 5) is 0. The highest BCUT2D eigenvalue weighted by Crippen LogP contribution is 2.16. The van der Waals surface area contributed by atoms with Crippen molar-refractivity contribution >= 4 is 23.5 Å². The van der Waals surface area contributed by atoms with Crippen molar-refractivity contribution < 1.29 is 4.29 Å². The highest BCUT2D eigenvalue weighted by atomic mass is 35.5. The summed E-state index contributed by atoms with van der Waals surface area (Å²) < 4.78 is 4.56. The Bertz CT molecular complexity index is 113. The summed E-state index contributed by atoms with van der Waals surface area (Å²) in [5.74, 6) is 1.03. The molecule has 0 aliphatic carbocycles. The minimum absolute atomic E-state index is 0.461. The van der Waals surface area contributed by atoms with E-state index in [-0.39, 0.29) is 0 Å². The van der Waals surface area contributed by atoms with Gasteiger partial charge in [-0.3, -0.25) is 4.29 Å². The van der Waals surface area contributed by atoms with Gasteiger partial charge in [0.15, 0.2) is 0 Å². The SMILES string of the molecule is CC(C)[C@H](C/C=C/Cl)COCl. The fourth-order valence-corrected chi connectivity index (χ4v) is 1.10. The first-order valence-electron chi connectivity index (χ1n) is 3.71. The first-order chi connectivity index (χ1) is 5.22. The molecule has 0 saturated carbocycles. The van der Waals surface area contributed by atoms with E-state index in [1.165, 1.54) is 5.54 Å². The van der Waals surface area contributed by atoms with Gasteiger partial charge >= 0.3 is 0 Å². The maximum absolute atomic E-state index is 5.40. The van der Waals surface area contributed by atoms with Crippen LogP contribution in [0.25, 0.3) is 0 Å². The fourth-order valence-electron chi connectivity index (χ4n) is 0.840. The summed E-state index contributed by atoms with van der Waals surface area (Å²) in [6.45, 7) is 4.87. The molecule has 1 nitrogen and oxygen atoms in total. The van der Waals surface area contributed by atoms with Crippen molar-refractivity contribution in [3.8, 4) is 0 Å². The van der Waals surface area contributed by atoms with Gasteiger partial charge in [-0.05, 0) is 18.3 Å². The third-order valence-corrected chi connectivity index (χ3v) is 2.05. The topological polar surface area (TPSA) is 9.23 Å². The molecule has 0 unspecified atom stereocenters. The van der Waals surface area contributed by atoms with Crippen molar-refractivity contribution in [2.45, 2.75) is 20.3 Å². The van der Waals surface area contributed by atoms with E-state index in [1.807, 2.05) is 6.08 Å². The van der Waals surface area contributed by atoms with Crippen LogP contribution >= 0.6 is 23.5 Å². The Hall–Kier alpha value is 0.280. The van der Waals surface area contributed by atoms with Crippen LogP contribution in [-0.2, 0) is 4.29 Å². The summed E-state index contributed by atoms with van der Waals surface area (Å²) in [6, 6.07) is 0. The Morgan fingerprint density at radius 2 is 2.09 bits per heavy atom. The van der Waals surface area contributed by atoms with Crippen LogP contribution in [0.5, 0.6) is 0 Å². The van der Waals surface area contributed by atoms with Crippen molar-refractivity contribution in [1.82, 2.24) is 0 Å². The fraction of sp³-hybridized carbons (Fsp3) is 0.750. The molecule has 66 valence electrons. The van der Waals surface area contributed by atoms with Crippen molar-refractivity contribution in [1.29, 1.82) is 0 Å². The number of hydrogen-bond acceptors (Lipinski definition) is 1. The van der Waals surface area contributed by atoms with Crippen LogP contribution in [0.1, 0.15) is 20.3 Å². The predicted octanol–water partition coefficient (Wildman–Crippen LogP) is 3.57. The normalized spacial score (nSPS) is 14.6. The van der Waals surface area contributed by atoms with Gasteiger partial charge < -0.3 is 0 Å². The zero-order valence-corrected chi connectivity index (χ0v) is 8.40. The van der Waals surface area contributed by atoms with Gasteiger partial charge in [-0.1, -0.05) is 31.5 Å². The molecule has 0 aromatic carbocycles. The van der Waals surface area contributed by atoms with Crippen molar-refractivity contribution in [2.24, 2.45) is 11.8 Å². The van der Waals surface area contributed by atoms with E-state index < -0.39 is 0 Å². The molecule has 11 heavy (non-hydrogen) atoms. The lowest BCUT2D eigenvalue weighted by Gasteiger charge is -2.16. The van der Waals surface area contributed by atoms with E-state index >= 15 is 0 Å². The molecule has 0 heterocycles. The van der Waals surface area contributed by atoms with Gasteiger partial charge in [0.1, 0.15) is 0 Å². The second kappa shape index (κ2) is 6.96. The lowest BCUT2D eigenvalue weighted by Crippen LogP contribution is -2.12. The maximum Gasteiger partial charge on any atom is 0.0716 e. The minimum Gasteiger partial charge on any atom is -0.279 e. The Morgan fingerprint density at radius 3 is 2.45 bits per heavy atom. The van der Waals surface area contributed by atoms with Crippen LogP contribution < -0.4 is 0 Å². The highest BCUT2D eigenvalue weighted by Gasteiger charge is 2.11. The van der Waals surface area contributed by atoms with Gasteiger partial charge in [0.2, 0.25) is 0 Å². The summed E-state index contributed by atoms with van der Waals surface area (Å²) >= 11 is 10.6. The van der Waals surface area contributed by atoms with Crippen LogP contribution in [0.3, 0.4) is 0 Å². The molecule has 0 spiro atoms. The van der Waals surface area contributed by atoms with Crippen LogP contribution in [0.4, 0.5) is 0 Å². The van der Waals surface area contributed by atoms with Crippen LogP contribution in [0, 0.1) is 11.8 Å². The third kappa shape index (κ3) is 5.54. The molecule has 0 radical (unpaired) electrons. The van der Waals surface area contributed by atoms with Crippen LogP contribution in [-0.4, -0.2) is 6.61 Å². The van der Waals surface area contributed by atoms with Crippen molar-refractivity contribution in [2.75, 3.05) is 6.61 Å². The highest BCUT2D eigenvalue weighted by molar-refractivity contribution is 6.25. The molecule has 0 amide bonds. The van der Waals surface area contributed by atoms with Gasteiger partial charge in [0.25, 0.3) is 0 Å². The molecule has 0 fully saturated rings. The number of allylic oxidation sites excluding steroid dienone is 1. The standard InChI is InChI=1S/C8H14Cl2O/c1-7(2)8(6-11-10)4-3-5-9/h3,5,7-8H,4,6H2,1-2H3/b5-3+/t8-/m1/s1. The van der Waals surface area contributed by atoms with Crippen LogP contribution in [0.15, 0.2) is 11.6 Å². The third-order valence-electron chi connectivity index (χ3n) is 1.75. The molecular weight excluding hydrogens is 183 g/mol. The molecular formula is C8H14Cl2O. The van der Waals surface area contributed by atoms with Crippen molar-refractivity contribution in [3.05, 3.63) is 11.6 Å². The lowest BCUT2D eigenvalue weighted by molar-refractivity contribution is 0.227. The zero-order chi connectivity index (χ0) is 8.69. The van der Waals surface area contributed by atoms with E-state index in [9.17, 15) is 0 Å². The Balaban J connectivity index is 3.69. The van der Waals surface area contributed by atoms with Gasteiger partial charge in [-0.15, -0.1) is 0 Å². The minimum atomic E-state index is 0.461. The van der Waals surface area contributed by atoms with Gasteiger partial charge in [-0.2, -0.15) is 0 Å². The summed E-state index contributed by atoms with van der Waals surface area (Å²) in [7, 11) is 0. The number of halogens is 2.